The van der Waals surface area contributed by atoms with Gasteiger partial charge >= 0.3 is 0 Å². The van der Waals surface area contributed by atoms with E-state index in [1.165, 1.54) is 0 Å². The predicted octanol–water partition coefficient (Wildman–Crippen LogP) is 0.224. The number of benzene rings is 1. The first-order valence-corrected chi connectivity index (χ1v) is 7.96. The van der Waals surface area contributed by atoms with E-state index in [1.54, 1.807) is 24.3 Å². The van der Waals surface area contributed by atoms with Gasteiger partial charge in [-0.05, 0) is 24.3 Å². The summed E-state index contributed by atoms with van der Waals surface area (Å²) in [7, 11) is -0.637. The van der Waals surface area contributed by atoms with Gasteiger partial charge < -0.3 is 15.7 Å². The van der Waals surface area contributed by atoms with Crippen molar-refractivity contribution in [2.24, 2.45) is 10.9 Å². The molecule has 0 spiro atoms. The molecule has 1 aliphatic heterocycles. The van der Waals surface area contributed by atoms with Crippen LogP contribution in [-0.2, 0) is 10.8 Å². The number of nitrogens with two attached hydrogens (primary N) is 1. The van der Waals surface area contributed by atoms with Crippen molar-refractivity contribution < 1.29 is 14.2 Å². The Balaban J connectivity index is 1.75. The average molecular weight is 297 g/mol. The SMILES string of the molecule is NC(=NO)c1ccc(OCCN2CCS(=O)CC2)cc1. The van der Waals surface area contributed by atoms with Crippen LogP contribution in [0.3, 0.4) is 0 Å². The van der Waals surface area contributed by atoms with Gasteiger partial charge in [-0.1, -0.05) is 5.16 Å². The van der Waals surface area contributed by atoms with Crippen LogP contribution < -0.4 is 10.5 Å². The Labute approximate surface area is 120 Å². The largest absolute Gasteiger partial charge is 0.492 e. The van der Waals surface area contributed by atoms with E-state index in [0.717, 1.165) is 36.9 Å². The van der Waals surface area contributed by atoms with Crippen molar-refractivity contribution in [3.63, 3.8) is 0 Å². The van der Waals surface area contributed by atoms with Crippen LogP contribution in [0, 0.1) is 0 Å². The van der Waals surface area contributed by atoms with Crippen molar-refractivity contribution >= 4 is 16.6 Å². The summed E-state index contributed by atoms with van der Waals surface area (Å²) in [4.78, 5) is 2.26. The Hall–Kier alpha value is -1.60. The molecule has 1 aromatic rings. The van der Waals surface area contributed by atoms with E-state index in [9.17, 15) is 4.21 Å². The summed E-state index contributed by atoms with van der Waals surface area (Å²) in [6, 6.07) is 7.07. The Morgan fingerprint density at radius 2 is 2.00 bits per heavy atom. The van der Waals surface area contributed by atoms with Crippen LogP contribution in [-0.4, -0.2) is 57.9 Å². The highest BCUT2D eigenvalue weighted by atomic mass is 32.2. The predicted molar refractivity (Wildman–Crippen MR) is 78.8 cm³/mol. The van der Waals surface area contributed by atoms with Crippen molar-refractivity contribution in [1.29, 1.82) is 0 Å². The summed E-state index contributed by atoms with van der Waals surface area (Å²) < 4.78 is 16.9. The van der Waals surface area contributed by atoms with Gasteiger partial charge in [0.25, 0.3) is 0 Å². The number of oxime groups is 1. The van der Waals surface area contributed by atoms with Crippen LogP contribution in [0.25, 0.3) is 0 Å². The topological polar surface area (TPSA) is 88.2 Å². The second-order valence-corrected chi connectivity index (χ2v) is 6.24. The summed E-state index contributed by atoms with van der Waals surface area (Å²) in [5.41, 5.74) is 6.13. The number of amidine groups is 1. The van der Waals surface area contributed by atoms with Crippen LogP contribution in [0.5, 0.6) is 5.75 Å². The lowest BCUT2D eigenvalue weighted by molar-refractivity contribution is 0.221. The van der Waals surface area contributed by atoms with E-state index in [-0.39, 0.29) is 5.84 Å². The molecule has 7 heteroatoms. The van der Waals surface area contributed by atoms with E-state index < -0.39 is 10.8 Å². The molecule has 2 rings (SSSR count). The van der Waals surface area contributed by atoms with Gasteiger partial charge in [0.05, 0.1) is 0 Å². The van der Waals surface area contributed by atoms with Crippen molar-refractivity contribution in [2.45, 2.75) is 0 Å². The molecular weight excluding hydrogens is 278 g/mol. The minimum atomic E-state index is -0.637. The minimum Gasteiger partial charge on any atom is -0.492 e. The molecule has 1 aromatic carbocycles. The number of hydrogen-bond acceptors (Lipinski definition) is 5. The van der Waals surface area contributed by atoms with E-state index in [2.05, 4.69) is 10.1 Å². The average Bonchev–Trinajstić information content (AvgIpc) is 2.49. The molecule has 1 saturated heterocycles. The Bertz CT molecular complexity index is 480. The molecule has 0 aromatic heterocycles. The molecule has 1 heterocycles. The van der Waals surface area contributed by atoms with Crippen LogP contribution >= 0.6 is 0 Å². The summed E-state index contributed by atoms with van der Waals surface area (Å²) in [5.74, 6) is 2.35. The van der Waals surface area contributed by atoms with Gasteiger partial charge in [0, 0.05) is 47.5 Å². The second-order valence-electron chi connectivity index (χ2n) is 4.55. The van der Waals surface area contributed by atoms with Gasteiger partial charge in [0.15, 0.2) is 5.84 Å². The molecule has 1 aliphatic rings. The molecule has 0 saturated carbocycles. The Morgan fingerprint density at radius 1 is 1.35 bits per heavy atom. The first kappa shape index (κ1) is 14.8. The number of hydrogen-bond donors (Lipinski definition) is 2. The highest BCUT2D eigenvalue weighted by Crippen LogP contribution is 2.12. The van der Waals surface area contributed by atoms with Crippen molar-refractivity contribution in [1.82, 2.24) is 4.90 Å². The molecule has 0 bridgehead atoms. The normalized spacial score (nSPS) is 18.1. The number of rotatable bonds is 5. The van der Waals surface area contributed by atoms with Crippen LogP contribution in [0.15, 0.2) is 29.4 Å². The molecule has 0 radical (unpaired) electrons. The van der Waals surface area contributed by atoms with Crippen molar-refractivity contribution in [3.8, 4) is 5.75 Å². The highest BCUT2D eigenvalue weighted by molar-refractivity contribution is 7.85. The second kappa shape index (κ2) is 7.25. The first-order chi connectivity index (χ1) is 9.69. The van der Waals surface area contributed by atoms with Gasteiger partial charge in [-0.15, -0.1) is 0 Å². The van der Waals surface area contributed by atoms with Crippen LogP contribution in [0.4, 0.5) is 0 Å². The Kier molecular flexibility index (Phi) is 5.37. The fourth-order valence-corrected chi connectivity index (χ4v) is 3.10. The maximum atomic E-state index is 11.2. The van der Waals surface area contributed by atoms with Crippen molar-refractivity contribution in [3.05, 3.63) is 29.8 Å². The zero-order chi connectivity index (χ0) is 14.4. The van der Waals surface area contributed by atoms with Gasteiger partial charge in [-0.3, -0.25) is 9.11 Å². The monoisotopic (exact) mass is 297 g/mol. The molecule has 0 aliphatic carbocycles. The molecule has 0 unspecified atom stereocenters. The van der Waals surface area contributed by atoms with Crippen molar-refractivity contribution in [2.75, 3.05) is 37.7 Å². The molecule has 110 valence electrons. The van der Waals surface area contributed by atoms with E-state index in [1.807, 2.05) is 0 Å². The fraction of sp³-hybridized carbons (Fsp3) is 0.462. The summed E-state index contributed by atoms with van der Waals surface area (Å²) in [6.07, 6.45) is 0. The minimum absolute atomic E-state index is 0.0814. The van der Waals surface area contributed by atoms with Gasteiger partial charge in [0.1, 0.15) is 12.4 Å². The van der Waals surface area contributed by atoms with E-state index >= 15 is 0 Å². The smallest absolute Gasteiger partial charge is 0.170 e. The van der Waals surface area contributed by atoms with Gasteiger partial charge in [-0.25, -0.2) is 0 Å². The quantitative estimate of drug-likeness (QED) is 0.351. The number of nitrogens with zero attached hydrogens (tertiary/aromatic N) is 2. The molecular formula is C13H19N3O3S. The van der Waals surface area contributed by atoms with E-state index in [4.69, 9.17) is 15.7 Å². The lowest BCUT2D eigenvalue weighted by Gasteiger charge is -2.25. The molecule has 20 heavy (non-hydrogen) atoms. The zero-order valence-corrected chi connectivity index (χ0v) is 12.0. The summed E-state index contributed by atoms with van der Waals surface area (Å²) in [6.45, 7) is 3.17. The summed E-state index contributed by atoms with van der Waals surface area (Å²) in [5, 5.41) is 11.5. The number of ether oxygens (including phenoxy) is 1. The standard InChI is InChI=1S/C13H19N3O3S/c14-13(15-17)11-1-3-12(4-2-11)19-8-5-16-6-9-20(18)10-7-16/h1-4,17H,5-10H2,(H2,14,15). The van der Waals surface area contributed by atoms with Gasteiger partial charge in [-0.2, -0.15) is 0 Å². The maximum Gasteiger partial charge on any atom is 0.170 e. The first-order valence-electron chi connectivity index (χ1n) is 6.47. The lowest BCUT2D eigenvalue weighted by atomic mass is 10.2. The third kappa shape index (κ3) is 4.21. The van der Waals surface area contributed by atoms with Crippen LogP contribution in [0.1, 0.15) is 5.56 Å². The Morgan fingerprint density at radius 3 is 2.60 bits per heavy atom. The molecule has 0 atom stereocenters. The summed E-state index contributed by atoms with van der Waals surface area (Å²) >= 11 is 0. The molecule has 3 N–H and O–H groups in total. The highest BCUT2D eigenvalue weighted by Gasteiger charge is 2.14. The maximum absolute atomic E-state index is 11.2. The third-order valence-corrected chi connectivity index (χ3v) is 4.48. The zero-order valence-electron chi connectivity index (χ0n) is 11.2. The third-order valence-electron chi connectivity index (χ3n) is 3.20. The fourth-order valence-electron chi connectivity index (χ4n) is 1.97. The van der Waals surface area contributed by atoms with E-state index in [0.29, 0.717) is 12.2 Å². The molecule has 1 fully saturated rings. The molecule has 0 amide bonds. The van der Waals surface area contributed by atoms with Crippen LogP contribution in [0.2, 0.25) is 0 Å². The molecule has 6 nitrogen and oxygen atoms in total. The van der Waals surface area contributed by atoms with Gasteiger partial charge in [0.2, 0.25) is 0 Å². The lowest BCUT2D eigenvalue weighted by Crippen LogP contribution is -2.39.